The number of carbonyl (C=O) groups is 3. The number of piperidine rings is 1. The maximum absolute atomic E-state index is 12.8. The summed E-state index contributed by atoms with van der Waals surface area (Å²) >= 11 is 1.24. The zero-order chi connectivity index (χ0) is 21.3. The smallest absolute Gasteiger partial charge is 0.255 e. The second-order valence-electron chi connectivity index (χ2n) is 7.36. The standard InChI is InChI=1S/C23H27N3O3S/c1-17-8-7-9-18(14-17)24-21(27)15-30-16-22(28)25-20-11-4-3-10-19(20)23(29)26-12-5-2-6-13-26/h3-4,7-11,14H,2,5-6,12-13,15-16H2,1H3,(H,24,27)(H,25,28). The van der Waals surface area contributed by atoms with Crippen LogP contribution in [-0.2, 0) is 9.59 Å². The van der Waals surface area contributed by atoms with Crippen molar-refractivity contribution in [3.05, 3.63) is 59.7 Å². The summed E-state index contributed by atoms with van der Waals surface area (Å²) in [6.45, 7) is 3.47. The van der Waals surface area contributed by atoms with Crippen LogP contribution in [0.2, 0.25) is 0 Å². The molecule has 1 saturated heterocycles. The Morgan fingerprint density at radius 3 is 2.33 bits per heavy atom. The number of rotatable bonds is 7. The second kappa shape index (κ2) is 10.8. The van der Waals surface area contributed by atoms with E-state index in [1.807, 2.05) is 36.1 Å². The van der Waals surface area contributed by atoms with E-state index in [0.29, 0.717) is 11.3 Å². The molecule has 0 atom stereocenters. The van der Waals surface area contributed by atoms with Gasteiger partial charge >= 0.3 is 0 Å². The number of nitrogens with zero attached hydrogens (tertiary/aromatic N) is 1. The molecule has 1 heterocycles. The van der Waals surface area contributed by atoms with Gasteiger partial charge in [0, 0.05) is 18.8 Å². The van der Waals surface area contributed by atoms with Crippen LogP contribution < -0.4 is 10.6 Å². The Kier molecular flexibility index (Phi) is 7.90. The highest BCUT2D eigenvalue weighted by molar-refractivity contribution is 8.00. The summed E-state index contributed by atoms with van der Waals surface area (Å²) < 4.78 is 0. The van der Waals surface area contributed by atoms with Crippen LogP contribution in [0.4, 0.5) is 11.4 Å². The van der Waals surface area contributed by atoms with Crippen molar-refractivity contribution in [3.63, 3.8) is 0 Å². The summed E-state index contributed by atoms with van der Waals surface area (Å²) in [6.07, 6.45) is 3.18. The molecule has 0 saturated carbocycles. The molecular formula is C23H27N3O3S. The minimum Gasteiger partial charge on any atom is -0.339 e. The number of benzene rings is 2. The molecule has 0 radical (unpaired) electrons. The largest absolute Gasteiger partial charge is 0.339 e. The molecule has 0 aromatic heterocycles. The van der Waals surface area contributed by atoms with Gasteiger partial charge in [0.1, 0.15) is 0 Å². The van der Waals surface area contributed by atoms with Gasteiger partial charge in [-0.1, -0.05) is 24.3 Å². The molecule has 0 bridgehead atoms. The number of para-hydroxylation sites is 1. The lowest BCUT2D eigenvalue weighted by Gasteiger charge is -2.27. The summed E-state index contributed by atoms with van der Waals surface area (Å²) in [6, 6.07) is 14.7. The minimum absolute atomic E-state index is 0.0456. The van der Waals surface area contributed by atoms with Gasteiger partial charge in [-0.05, 0) is 56.0 Å². The van der Waals surface area contributed by atoms with E-state index in [-0.39, 0.29) is 29.2 Å². The quantitative estimate of drug-likeness (QED) is 0.705. The number of amides is 3. The van der Waals surface area contributed by atoms with Crippen molar-refractivity contribution in [3.8, 4) is 0 Å². The Morgan fingerprint density at radius 2 is 1.60 bits per heavy atom. The molecular weight excluding hydrogens is 398 g/mol. The maximum atomic E-state index is 12.8. The number of hydrogen-bond donors (Lipinski definition) is 2. The van der Waals surface area contributed by atoms with Gasteiger partial charge in [-0.15, -0.1) is 11.8 Å². The molecule has 2 aromatic rings. The molecule has 3 rings (SSSR count). The lowest BCUT2D eigenvalue weighted by molar-refractivity contribution is -0.114. The Balaban J connectivity index is 1.49. The average Bonchev–Trinajstić information content (AvgIpc) is 2.74. The Hall–Kier alpha value is -2.80. The van der Waals surface area contributed by atoms with Gasteiger partial charge in [0.2, 0.25) is 11.8 Å². The first-order chi connectivity index (χ1) is 14.5. The normalized spacial score (nSPS) is 13.6. The maximum Gasteiger partial charge on any atom is 0.255 e. The molecule has 30 heavy (non-hydrogen) atoms. The molecule has 7 heteroatoms. The first-order valence-electron chi connectivity index (χ1n) is 10.2. The Morgan fingerprint density at radius 1 is 0.900 bits per heavy atom. The lowest BCUT2D eigenvalue weighted by Crippen LogP contribution is -2.36. The fraction of sp³-hybridized carbons (Fsp3) is 0.348. The summed E-state index contributed by atoms with van der Waals surface area (Å²) in [5, 5.41) is 5.65. The van der Waals surface area contributed by atoms with Gasteiger partial charge in [0.15, 0.2) is 0 Å². The van der Waals surface area contributed by atoms with Gasteiger partial charge in [-0.3, -0.25) is 14.4 Å². The number of thioether (sulfide) groups is 1. The van der Waals surface area contributed by atoms with Crippen LogP contribution in [0, 0.1) is 6.92 Å². The van der Waals surface area contributed by atoms with Crippen molar-refractivity contribution in [1.82, 2.24) is 4.90 Å². The van der Waals surface area contributed by atoms with Crippen LogP contribution >= 0.6 is 11.8 Å². The number of likely N-dealkylation sites (tertiary alicyclic amines) is 1. The number of anilines is 2. The van der Waals surface area contributed by atoms with Gasteiger partial charge in [-0.2, -0.15) is 0 Å². The fourth-order valence-electron chi connectivity index (χ4n) is 3.39. The third-order valence-electron chi connectivity index (χ3n) is 4.84. The summed E-state index contributed by atoms with van der Waals surface area (Å²) in [7, 11) is 0. The Bertz CT molecular complexity index is 910. The van der Waals surface area contributed by atoms with Crippen molar-refractivity contribution < 1.29 is 14.4 Å². The van der Waals surface area contributed by atoms with Gasteiger partial charge < -0.3 is 15.5 Å². The topological polar surface area (TPSA) is 78.5 Å². The zero-order valence-corrected chi connectivity index (χ0v) is 18.0. The highest BCUT2D eigenvalue weighted by Crippen LogP contribution is 2.20. The summed E-state index contributed by atoms with van der Waals surface area (Å²) in [5.74, 6) is -0.125. The van der Waals surface area contributed by atoms with Crippen LogP contribution in [0.1, 0.15) is 35.2 Å². The van der Waals surface area contributed by atoms with Crippen LogP contribution in [0.3, 0.4) is 0 Å². The van der Waals surface area contributed by atoms with Crippen LogP contribution in [0.25, 0.3) is 0 Å². The molecule has 3 amide bonds. The van der Waals surface area contributed by atoms with E-state index in [1.54, 1.807) is 24.3 Å². The van der Waals surface area contributed by atoms with Crippen molar-refractivity contribution in [2.45, 2.75) is 26.2 Å². The predicted molar refractivity (Wildman–Crippen MR) is 122 cm³/mol. The minimum atomic E-state index is -0.234. The number of hydrogen-bond acceptors (Lipinski definition) is 4. The van der Waals surface area contributed by atoms with Gasteiger partial charge in [-0.25, -0.2) is 0 Å². The number of carbonyl (C=O) groups excluding carboxylic acids is 3. The molecule has 1 aliphatic heterocycles. The number of nitrogens with one attached hydrogen (secondary N) is 2. The van der Waals surface area contributed by atoms with Crippen molar-refractivity contribution >= 4 is 40.9 Å². The average molecular weight is 426 g/mol. The fourth-order valence-corrected chi connectivity index (χ4v) is 4.01. The third kappa shape index (κ3) is 6.35. The monoisotopic (exact) mass is 425 g/mol. The van der Waals surface area contributed by atoms with E-state index < -0.39 is 0 Å². The molecule has 2 aromatic carbocycles. The Labute approximate surface area is 181 Å². The zero-order valence-electron chi connectivity index (χ0n) is 17.1. The highest BCUT2D eigenvalue weighted by atomic mass is 32.2. The van der Waals surface area contributed by atoms with Gasteiger partial charge in [0.05, 0.1) is 22.8 Å². The van der Waals surface area contributed by atoms with Crippen molar-refractivity contribution in [1.29, 1.82) is 0 Å². The van der Waals surface area contributed by atoms with E-state index >= 15 is 0 Å². The molecule has 1 fully saturated rings. The summed E-state index contributed by atoms with van der Waals surface area (Å²) in [4.78, 5) is 39.1. The van der Waals surface area contributed by atoms with E-state index in [0.717, 1.165) is 43.6 Å². The summed E-state index contributed by atoms with van der Waals surface area (Å²) in [5.41, 5.74) is 2.84. The van der Waals surface area contributed by atoms with E-state index in [9.17, 15) is 14.4 Å². The third-order valence-corrected chi connectivity index (χ3v) is 5.78. The molecule has 1 aliphatic rings. The molecule has 0 unspecified atom stereocenters. The molecule has 0 spiro atoms. The predicted octanol–water partition coefficient (Wildman–Crippen LogP) is 3.93. The SMILES string of the molecule is Cc1cccc(NC(=O)CSCC(=O)Nc2ccccc2C(=O)N2CCCCC2)c1. The first kappa shape index (κ1) is 21.9. The molecule has 2 N–H and O–H groups in total. The van der Waals surface area contributed by atoms with Gasteiger partial charge in [0.25, 0.3) is 5.91 Å². The molecule has 158 valence electrons. The van der Waals surface area contributed by atoms with Crippen molar-refractivity contribution in [2.75, 3.05) is 35.2 Å². The number of aryl methyl sites for hydroxylation is 1. The van der Waals surface area contributed by atoms with Crippen LogP contribution in [0.15, 0.2) is 48.5 Å². The van der Waals surface area contributed by atoms with E-state index in [4.69, 9.17) is 0 Å². The first-order valence-corrected chi connectivity index (χ1v) is 11.3. The molecule has 6 nitrogen and oxygen atoms in total. The highest BCUT2D eigenvalue weighted by Gasteiger charge is 2.21. The van der Waals surface area contributed by atoms with Crippen LogP contribution in [-0.4, -0.2) is 47.2 Å². The second-order valence-corrected chi connectivity index (χ2v) is 8.34. The van der Waals surface area contributed by atoms with Crippen molar-refractivity contribution in [2.24, 2.45) is 0 Å². The van der Waals surface area contributed by atoms with E-state index in [2.05, 4.69) is 10.6 Å². The molecule has 0 aliphatic carbocycles. The lowest BCUT2D eigenvalue weighted by atomic mass is 10.1. The van der Waals surface area contributed by atoms with Crippen LogP contribution in [0.5, 0.6) is 0 Å². The van der Waals surface area contributed by atoms with E-state index in [1.165, 1.54) is 11.8 Å².